The molecule has 0 bridgehead atoms. The fraction of sp³-hybridized carbons (Fsp3) is 0.933. The first-order chi connectivity index (χ1) is 10.4. The number of hydrogen-bond donors (Lipinski definition) is 0. The Morgan fingerprint density at radius 2 is 1.91 bits per heavy atom. The van der Waals surface area contributed by atoms with Crippen LogP contribution in [0.25, 0.3) is 0 Å². The van der Waals surface area contributed by atoms with Gasteiger partial charge in [0, 0.05) is 39.2 Å². The molecule has 6 nitrogen and oxygen atoms in total. The molecule has 2 saturated heterocycles. The quantitative estimate of drug-likeness (QED) is 0.755. The highest BCUT2D eigenvalue weighted by molar-refractivity contribution is 7.88. The molecule has 128 valence electrons. The Bertz CT molecular complexity index is 466. The summed E-state index contributed by atoms with van der Waals surface area (Å²) in [5.74, 6) is 0.0965. The Morgan fingerprint density at radius 3 is 2.45 bits per heavy atom. The number of rotatable bonds is 5. The van der Waals surface area contributed by atoms with Crippen LogP contribution in [0.4, 0.5) is 0 Å². The molecule has 2 aliphatic rings. The zero-order chi connectivity index (χ0) is 16.2. The Kier molecular flexibility index (Phi) is 6.23. The summed E-state index contributed by atoms with van der Waals surface area (Å²) in [7, 11) is -1.29. The minimum absolute atomic E-state index is 0.0460. The number of nitrogens with zero attached hydrogens (tertiary/aromatic N) is 2. The third kappa shape index (κ3) is 4.93. The topological polar surface area (TPSA) is 66.9 Å². The molecule has 2 rings (SSSR count). The lowest BCUT2D eigenvalue weighted by molar-refractivity contribution is -0.135. The van der Waals surface area contributed by atoms with Crippen LogP contribution >= 0.6 is 0 Å². The van der Waals surface area contributed by atoms with Gasteiger partial charge in [0.05, 0.1) is 12.4 Å². The molecule has 0 aromatic heterocycles. The van der Waals surface area contributed by atoms with Gasteiger partial charge >= 0.3 is 0 Å². The van der Waals surface area contributed by atoms with Crippen molar-refractivity contribution in [2.45, 2.75) is 44.6 Å². The molecule has 2 heterocycles. The highest BCUT2D eigenvalue weighted by Crippen LogP contribution is 2.22. The second-order valence-electron chi connectivity index (χ2n) is 6.47. The number of carbonyl (C=O) groups is 1. The van der Waals surface area contributed by atoms with E-state index in [1.54, 1.807) is 4.90 Å². The smallest absolute Gasteiger partial charge is 0.225 e. The fourth-order valence-corrected chi connectivity index (χ4v) is 4.10. The summed E-state index contributed by atoms with van der Waals surface area (Å²) in [6, 6.07) is 0. The van der Waals surface area contributed by atoms with Gasteiger partial charge in [0.1, 0.15) is 0 Å². The Labute approximate surface area is 133 Å². The van der Waals surface area contributed by atoms with Gasteiger partial charge in [-0.3, -0.25) is 4.79 Å². The fourth-order valence-electron chi connectivity index (χ4n) is 3.23. The van der Waals surface area contributed by atoms with Crippen LogP contribution in [0.5, 0.6) is 0 Å². The lowest BCUT2D eigenvalue weighted by atomic mass is 9.96. The van der Waals surface area contributed by atoms with Gasteiger partial charge in [-0.15, -0.1) is 0 Å². The van der Waals surface area contributed by atoms with E-state index in [0.29, 0.717) is 25.9 Å². The second kappa shape index (κ2) is 7.75. The predicted molar refractivity (Wildman–Crippen MR) is 85.0 cm³/mol. The predicted octanol–water partition coefficient (Wildman–Crippen LogP) is 1.08. The van der Waals surface area contributed by atoms with Crippen LogP contribution in [-0.4, -0.2) is 69.2 Å². The average molecular weight is 332 g/mol. The van der Waals surface area contributed by atoms with E-state index < -0.39 is 10.0 Å². The number of amides is 1. The van der Waals surface area contributed by atoms with E-state index in [2.05, 4.69) is 0 Å². The van der Waals surface area contributed by atoms with E-state index in [0.717, 1.165) is 32.4 Å². The Hall–Kier alpha value is -0.660. The van der Waals surface area contributed by atoms with Crippen LogP contribution in [0, 0.1) is 5.92 Å². The van der Waals surface area contributed by atoms with Gasteiger partial charge in [-0.05, 0) is 38.5 Å². The van der Waals surface area contributed by atoms with Crippen molar-refractivity contribution >= 4 is 15.9 Å². The van der Waals surface area contributed by atoms with Crippen molar-refractivity contribution < 1.29 is 17.9 Å². The third-order valence-corrected chi connectivity index (χ3v) is 6.01. The minimum Gasteiger partial charge on any atom is -0.378 e. The number of ether oxygens (including phenoxy) is 1. The maximum atomic E-state index is 12.4. The van der Waals surface area contributed by atoms with Gasteiger partial charge < -0.3 is 9.64 Å². The Balaban J connectivity index is 1.74. The molecule has 1 amide bonds. The maximum Gasteiger partial charge on any atom is 0.225 e. The zero-order valence-electron chi connectivity index (χ0n) is 13.7. The minimum atomic E-state index is -3.13. The average Bonchev–Trinajstić information content (AvgIpc) is 2.52. The number of piperidine rings is 1. The van der Waals surface area contributed by atoms with Crippen molar-refractivity contribution in [1.82, 2.24) is 9.21 Å². The summed E-state index contributed by atoms with van der Waals surface area (Å²) in [5, 5.41) is 0. The lowest BCUT2D eigenvalue weighted by Crippen LogP contribution is -2.43. The van der Waals surface area contributed by atoms with Crippen molar-refractivity contribution in [3.05, 3.63) is 0 Å². The van der Waals surface area contributed by atoms with Gasteiger partial charge in [0.25, 0.3) is 0 Å². The molecule has 22 heavy (non-hydrogen) atoms. The highest BCUT2D eigenvalue weighted by atomic mass is 32.2. The molecule has 0 radical (unpaired) electrons. The number of hydrogen-bond acceptors (Lipinski definition) is 4. The van der Waals surface area contributed by atoms with Crippen molar-refractivity contribution in [3.63, 3.8) is 0 Å². The SMILES string of the molecule is CN(CCC1CCCCO1)C(=O)C1CCN(S(C)(=O)=O)CC1. The van der Waals surface area contributed by atoms with Crippen LogP contribution in [0.3, 0.4) is 0 Å². The molecule has 1 unspecified atom stereocenters. The van der Waals surface area contributed by atoms with Crippen LogP contribution < -0.4 is 0 Å². The monoisotopic (exact) mass is 332 g/mol. The summed E-state index contributed by atoms with van der Waals surface area (Å²) in [6.07, 6.45) is 7.10. The van der Waals surface area contributed by atoms with Crippen molar-refractivity contribution in [3.8, 4) is 0 Å². The molecular formula is C15H28N2O4S. The first-order valence-electron chi connectivity index (χ1n) is 8.19. The largest absolute Gasteiger partial charge is 0.378 e. The number of carbonyl (C=O) groups excluding carboxylic acids is 1. The maximum absolute atomic E-state index is 12.4. The van der Waals surface area contributed by atoms with Crippen molar-refractivity contribution in [2.75, 3.05) is 39.5 Å². The normalized spacial score (nSPS) is 25.1. The first kappa shape index (κ1) is 17.7. The van der Waals surface area contributed by atoms with Gasteiger partial charge in [0.15, 0.2) is 0 Å². The third-order valence-electron chi connectivity index (χ3n) is 4.71. The molecule has 2 aliphatic heterocycles. The van der Waals surface area contributed by atoms with Crippen molar-refractivity contribution in [1.29, 1.82) is 0 Å². The molecule has 1 atom stereocenters. The van der Waals surface area contributed by atoms with Crippen LogP contribution in [-0.2, 0) is 19.6 Å². The van der Waals surface area contributed by atoms with Crippen LogP contribution in [0.15, 0.2) is 0 Å². The molecule has 2 fully saturated rings. The van der Waals surface area contributed by atoms with E-state index in [1.807, 2.05) is 7.05 Å². The Morgan fingerprint density at radius 1 is 1.23 bits per heavy atom. The van der Waals surface area contributed by atoms with Gasteiger partial charge in [0.2, 0.25) is 15.9 Å². The molecule has 7 heteroatoms. The zero-order valence-corrected chi connectivity index (χ0v) is 14.5. The summed E-state index contributed by atoms with van der Waals surface area (Å²) < 4.78 is 30.1. The van der Waals surface area contributed by atoms with E-state index >= 15 is 0 Å². The molecule has 0 N–H and O–H groups in total. The van der Waals surface area contributed by atoms with Crippen molar-refractivity contribution in [2.24, 2.45) is 5.92 Å². The second-order valence-corrected chi connectivity index (χ2v) is 8.46. The number of sulfonamides is 1. The molecule has 0 saturated carbocycles. The van der Waals surface area contributed by atoms with E-state index in [-0.39, 0.29) is 17.9 Å². The summed E-state index contributed by atoms with van der Waals surface area (Å²) >= 11 is 0. The summed E-state index contributed by atoms with van der Waals surface area (Å²) in [4.78, 5) is 14.2. The molecule has 0 aliphatic carbocycles. The molecule has 0 aromatic rings. The summed E-state index contributed by atoms with van der Waals surface area (Å²) in [6.45, 7) is 2.46. The summed E-state index contributed by atoms with van der Waals surface area (Å²) in [5.41, 5.74) is 0. The molecule has 0 aromatic carbocycles. The van der Waals surface area contributed by atoms with Gasteiger partial charge in [-0.2, -0.15) is 0 Å². The van der Waals surface area contributed by atoms with Crippen LogP contribution in [0.2, 0.25) is 0 Å². The highest BCUT2D eigenvalue weighted by Gasteiger charge is 2.30. The molecular weight excluding hydrogens is 304 g/mol. The van der Waals surface area contributed by atoms with E-state index in [9.17, 15) is 13.2 Å². The first-order valence-corrected chi connectivity index (χ1v) is 10.0. The van der Waals surface area contributed by atoms with E-state index in [4.69, 9.17) is 4.74 Å². The standard InChI is InChI=1S/C15H28N2O4S/c1-16(9-8-14-5-3-4-12-21-14)15(18)13-6-10-17(11-7-13)22(2,19)20/h13-14H,3-12H2,1-2H3. The lowest BCUT2D eigenvalue weighted by Gasteiger charge is -2.32. The van der Waals surface area contributed by atoms with E-state index in [1.165, 1.54) is 17.0 Å². The van der Waals surface area contributed by atoms with Crippen LogP contribution in [0.1, 0.15) is 38.5 Å². The molecule has 0 spiro atoms. The van der Waals surface area contributed by atoms with Gasteiger partial charge in [-0.1, -0.05) is 0 Å². The van der Waals surface area contributed by atoms with Gasteiger partial charge in [-0.25, -0.2) is 12.7 Å².